The van der Waals surface area contributed by atoms with Crippen LogP contribution in [-0.4, -0.2) is 37.2 Å². The van der Waals surface area contributed by atoms with Crippen LogP contribution in [-0.2, 0) is 28.6 Å². The number of ether oxygens (including phenoxy) is 3. The van der Waals surface area contributed by atoms with E-state index in [1.807, 2.05) is 60.8 Å². The van der Waals surface area contributed by atoms with E-state index in [1.54, 1.807) is 0 Å². The third-order valence-corrected chi connectivity index (χ3v) is 11.8. The molecule has 0 radical (unpaired) electrons. The standard InChI is InChI=1S/C60H102O6/c1-4-7-10-13-16-19-22-25-27-29-30-32-33-35-38-41-44-47-50-53-59(62)65-56-57(55-64-58(61)52-49-46-43-40-37-24-21-18-15-12-9-6-3)66-60(63)54-51-48-45-42-39-36-34-31-28-26-23-20-17-14-11-8-5-2/h8,11,14,17-18,20-21,23,26,28,31,34,36,39,57H,4-7,9-10,12-13,15-16,19,22,24-25,27,29-30,32-33,35,37-38,40-56H2,1-3H3/b11-8-,17-14-,21-18-,23-20-,28-26-,34-31+,39-36-. The van der Waals surface area contributed by atoms with Crippen LogP contribution in [0.25, 0.3) is 0 Å². The molecule has 0 N–H and O–H groups in total. The lowest BCUT2D eigenvalue weighted by Crippen LogP contribution is -2.30. The SMILES string of the molecule is CC\C=C/C=C\C=C/C=C\C=C\C=C/CCCCCC(=O)OC(COC(=O)CCCCCCC/C=C\CCCCC)COC(=O)CCCCCCCCCCCCCCCCCCCCC. The maximum atomic E-state index is 12.8. The highest BCUT2D eigenvalue weighted by molar-refractivity contribution is 5.71. The molecule has 0 aromatic carbocycles. The fourth-order valence-corrected chi connectivity index (χ4v) is 7.65. The fraction of sp³-hybridized carbons (Fsp3) is 0.717. The Labute approximate surface area is 407 Å². The number of hydrogen-bond donors (Lipinski definition) is 0. The Morgan fingerprint density at radius 3 is 1.02 bits per heavy atom. The summed E-state index contributed by atoms with van der Waals surface area (Å²) in [5.41, 5.74) is 0. The summed E-state index contributed by atoms with van der Waals surface area (Å²) < 4.78 is 16.8. The van der Waals surface area contributed by atoms with Crippen molar-refractivity contribution in [1.82, 2.24) is 0 Å². The Hall–Kier alpha value is -3.41. The Bertz CT molecular complexity index is 1290. The van der Waals surface area contributed by atoms with Gasteiger partial charge in [-0.2, -0.15) is 0 Å². The van der Waals surface area contributed by atoms with Crippen molar-refractivity contribution in [2.24, 2.45) is 0 Å². The molecule has 0 spiro atoms. The third kappa shape index (κ3) is 51.6. The maximum Gasteiger partial charge on any atom is 0.306 e. The van der Waals surface area contributed by atoms with Crippen LogP contribution in [0.1, 0.15) is 258 Å². The first-order valence-corrected chi connectivity index (χ1v) is 27.7. The minimum atomic E-state index is -0.802. The normalized spacial score (nSPS) is 12.7. The van der Waals surface area contributed by atoms with Crippen LogP contribution in [0.15, 0.2) is 85.1 Å². The van der Waals surface area contributed by atoms with E-state index in [2.05, 4.69) is 45.1 Å². The van der Waals surface area contributed by atoms with Crippen LogP contribution in [0.2, 0.25) is 0 Å². The van der Waals surface area contributed by atoms with Gasteiger partial charge in [-0.25, -0.2) is 0 Å². The van der Waals surface area contributed by atoms with Crippen molar-refractivity contribution >= 4 is 17.9 Å². The van der Waals surface area contributed by atoms with Gasteiger partial charge >= 0.3 is 17.9 Å². The van der Waals surface area contributed by atoms with E-state index >= 15 is 0 Å². The van der Waals surface area contributed by atoms with E-state index in [0.717, 1.165) is 77.0 Å². The Morgan fingerprint density at radius 1 is 0.318 bits per heavy atom. The fourth-order valence-electron chi connectivity index (χ4n) is 7.65. The molecule has 0 rings (SSSR count). The predicted molar refractivity (Wildman–Crippen MR) is 284 cm³/mol. The van der Waals surface area contributed by atoms with Gasteiger partial charge in [0.05, 0.1) is 0 Å². The molecule has 1 atom stereocenters. The van der Waals surface area contributed by atoms with Crippen molar-refractivity contribution in [2.75, 3.05) is 13.2 Å². The molecule has 6 heteroatoms. The van der Waals surface area contributed by atoms with Crippen LogP contribution >= 0.6 is 0 Å². The average molecular weight is 919 g/mol. The van der Waals surface area contributed by atoms with Crippen LogP contribution in [0.5, 0.6) is 0 Å². The molecule has 0 heterocycles. The molecule has 0 aromatic rings. The highest BCUT2D eigenvalue weighted by Crippen LogP contribution is 2.16. The minimum absolute atomic E-state index is 0.0957. The topological polar surface area (TPSA) is 78.9 Å². The summed E-state index contributed by atoms with van der Waals surface area (Å²) in [6.07, 6.45) is 70.0. The van der Waals surface area contributed by atoms with Crippen molar-refractivity contribution in [2.45, 2.75) is 264 Å². The molecule has 6 nitrogen and oxygen atoms in total. The van der Waals surface area contributed by atoms with Crippen LogP contribution in [0.3, 0.4) is 0 Å². The number of carbonyl (C=O) groups excluding carboxylic acids is 3. The molecular formula is C60H102O6. The summed E-state index contributed by atoms with van der Waals surface area (Å²) in [6, 6.07) is 0. The Balaban J connectivity index is 4.43. The van der Waals surface area contributed by atoms with Crippen LogP contribution in [0.4, 0.5) is 0 Å². The monoisotopic (exact) mass is 919 g/mol. The molecule has 0 fully saturated rings. The number of unbranched alkanes of at least 4 members (excludes halogenated alkanes) is 29. The number of esters is 3. The molecule has 0 bridgehead atoms. The highest BCUT2D eigenvalue weighted by atomic mass is 16.6. The summed E-state index contributed by atoms with van der Waals surface area (Å²) in [6.45, 7) is 6.44. The first-order valence-electron chi connectivity index (χ1n) is 27.7. The number of allylic oxidation sites excluding steroid dienone is 14. The van der Waals surface area contributed by atoms with Gasteiger partial charge in [-0.1, -0.05) is 260 Å². The van der Waals surface area contributed by atoms with Crippen molar-refractivity contribution in [3.8, 4) is 0 Å². The number of rotatable bonds is 49. The average Bonchev–Trinajstić information content (AvgIpc) is 3.31. The molecule has 66 heavy (non-hydrogen) atoms. The molecule has 0 amide bonds. The lowest BCUT2D eigenvalue weighted by atomic mass is 10.0. The van der Waals surface area contributed by atoms with Gasteiger partial charge in [0, 0.05) is 19.3 Å². The molecule has 0 saturated carbocycles. The van der Waals surface area contributed by atoms with Crippen molar-refractivity contribution in [3.05, 3.63) is 85.1 Å². The Morgan fingerprint density at radius 2 is 0.606 bits per heavy atom. The summed E-state index contributed by atoms with van der Waals surface area (Å²) >= 11 is 0. The van der Waals surface area contributed by atoms with E-state index in [1.165, 1.54) is 135 Å². The van der Waals surface area contributed by atoms with E-state index < -0.39 is 6.10 Å². The quantitative estimate of drug-likeness (QED) is 0.0199. The smallest absolute Gasteiger partial charge is 0.306 e. The highest BCUT2D eigenvalue weighted by Gasteiger charge is 2.19. The van der Waals surface area contributed by atoms with Gasteiger partial charge in [0.1, 0.15) is 13.2 Å². The summed E-state index contributed by atoms with van der Waals surface area (Å²) in [5, 5.41) is 0. The maximum absolute atomic E-state index is 12.8. The van der Waals surface area contributed by atoms with E-state index in [-0.39, 0.29) is 37.5 Å². The lowest BCUT2D eigenvalue weighted by molar-refractivity contribution is -0.167. The van der Waals surface area contributed by atoms with Gasteiger partial charge in [-0.3, -0.25) is 14.4 Å². The predicted octanol–water partition coefficient (Wildman–Crippen LogP) is 18.4. The van der Waals surface area contributed by atoms with Gasteiger partial charge in [0.2, 0.25) is 0 Å². The molecule has 0 aliphatic carbocycles. The van der Waals surface area contributed by atoms with Gasteiger partial charge in [0.15, 0.2) is 6.10 Å². The van der Waals surface area contributed by atoms with E-state index in [4.69, 9.17) is 14.2 Å². The first-order chi connectivity index (χ1) is 32.5. The molecule has 0 aliphatic heterocycles. The van der Waals surface area contributed by atoms with Gasteiger partial charge in [-0.15, -0.1) is 0 Å². The molecule has 0 aromatic heterocycles. The second-order valence-corrected chi connectivity index (χ2v) is 18.3. The zero-order valence-electron chi connectivity index (χ0n) is 43.2. The zero-order valence-corrected chi connectivity index (χ0v) is 43.2. The number of hydrogen-bond acceptors (Lipinski definition) is 6. The molecule has 0 saturated heterocycles. The molecular weight excluding hydrogens is 817 g/mol. The molecule has 378 valence electrons. The number of carbonyl (C=O) groups is 3. The molecule has 1 unspecified atom stereocenters. The first kappa shape index (κ1) is 62.6. The van der Waals surface area contributed by atoms with E-state index in [0.29, 0.717) is 19.3 Å². The second-order valence-electron chi connectivity index (χ2n) is 18.3. The van der Waals surface area contributed by atoms with Gasteiger partial charge in [0.25, 0.3) is 0 Å². The van der Waals surface area contributed by atoms with Crippen LogP contribution in [0, 0.1) is 0 Å². The zero-order chi connectivity index (χ0) is 47.9. The minimum Gasteiger partial charge on any atom is -0.462 e. The molecule has 0 aliphatic rings. The van der Waals surface area contributed by atoms with E-state index in [9.17, 15) is 14.4 Å². The van der Waals surface area contributed by atoms with Crippen molar-refractivity contribution in [1.29, 1.82) is 0 Å². The van der Waals surface area contributed by atoms with Crippen LogP contribution < -0.4 is 0 Å². The summed E-state index contributed by atoms with van der Waals surface area (Å²) in [5.74, 6) is -0.944. The van der Waals surface area contributed by atoms with Crippen molar-refractivity contribution < 1.29 is 28.6 Å². The van der Waals surface area contributed by atoms with Crippen molar-refractivity contribution in [3.63, 3.8) is 0 Å². The largest absolute Gasteiger partial charge is 0.462 e. The summed E-state index contributed by atoms with van der Waals surface area (Å²) in [7, 11) is 0. The lowest BCUT2D eigenvalue weighted by Gasteiger charge is -2.18. The van der Waals surface area contributed by atoms with Gasteiger partial charge < -0.3 is 14.2 Å². The second kappa shape index (κ2) is 54.2. The summed E-state index contributed by atoms with van der Waals surface area (Å²) in [4.78, 5) is 38.1. The van der Waals surface area contributed by atoms with Gasteiger partial charge in [-0.05, 0) is 64.2 Å². The third-order valence-electron chi connectivity index (χ3n) is 11.8. The Kier molecular flexibility index (Phi) is 51.4.